The van der Waals surface area contributed by atoms with E-state index in [1.54, 1.807) is 11.7 Å². The molecular formula is C17H22N6O. The van der Waals surface area contributed by atoms with Gasteiger partial charge in [-0.1, -0.05) is 12.8 Å². The summed E-state index contributed by atoms with van der Waals surface area (Å²) in [5, 5.41) is 14.5. The normalized spacial score (nSPS) is 20.9. The van der Waals surface area contributed by atoms with Crippen molar-refractivity contribution in [3.05, 3.63) is 24.3 Å². The second-order valence-corrected chi connectivity index (χ2v) is 6.73. The number of hydrogen-bond acceptors (Lipinski definition) is 4. The van der Waals surface area contributed by atoms with E-state index in [1.807, 2.05) is 29.2 Å². The number of rotatable bonds is 3. The summed E-state index contributed by atoms with van der Waals surface area (Å²) >= 11 is 0. The second kappa shape index (κ2) is 6.22. The van der Waals surface area contributed by atoms with Crippen molar-refractivity contribution in [2.45, 2.75) is 38.1 Å². The monoisotopic (exact) mass is 326 g/mol. The van der Waals surface area contributed by atoms with Gasteiger partial charge in [-0.3, -0.25) is 0 Å². The van der Waals surface area contributed by atoms with Gasteiger partial charge in [-0.05, 0) is 59.9 Å². The third kappa shape index (κ3) is 2.74. The van der Waals surface area contributed by atoms with Crippen LogP contribution in [0.15, 0.2) is 24.3 Å². The van der Waals surface area contributed by atoms with Crippen LogP contribution in [0.2, 0.25) is 0 Å². The fourth-order valence-electron chi connectivity index (χ4n) is 3.86. The molecule has 7 heteroatoms. The molecule has 0 bridgehead atoms. The Hall–Kier alpha value is -2.44. The lowest BCUT2D eigenvalue weighted by Gasteiger charge is -2.44. The van der Waals surface area contributed by atoms with E-state index in [2.05, 4.69) is 20.8 Å². The van der Waals surface area contributed by atoms with Crippen molar-refractivity contribution in [2.24, 2.45) is 13.0 Å². The lowest BCUT2D eigenvalue weighted by Crippen LogP contribution is -2.55. The predicted molar refractivity (Wildman–Crippen MR) is 90.3 cm³/mol. The number of anilines is 1. The highest BCUT2D eigenvalue weighted by molar-refractivity contribution is 5.90. The van der Waals surface area contributed by atoms with Crippen LogP contribution in [0.3, 0.4) is 0 Å². The average Bonchev–Trinajstić information content (AvgIpc) is 3.19. The number of nitrogens with one attached hydrogen (secondary N) is 1. The number of carbonyl (C=O) groups excluding carboxylic acids is 1. The summed E-state index contributed by atoms with van der Waals surface area (Å²) in [5.74, 6) is 1.41. The molecule has 2 heterocycles. The predicted octanol–water partition coefficient (Wildman–Crippen LogP) is 2.67. The number of likely N-dealkylation sites (tertiary alicyclic amines) is 1. The van der Waals surface area contributed by atoms with Crippen LogP contribution in [0, 0.1) is 5.92 Å². The molecule has 1 saturated heterocycles. The quantitative estimate of drug-likeness (QED) is 0.941. The molecule has 1 unspecified atom stereocenters. The number of aromatic nitrogens is 4. The number of benzene rings is 1. The maximum Gasteiger partial charge on any atom is 0.322 e. The van der Waals surface area contributed by atoms with Crippen LogP contribution in [0.4, 0.5) is 10.5 Å². The number of hydrogen-bond donors (Lipinski definition) is 1. The molecular weight excluding hydrogens is 304 g/mol. The molecule has 2 aliphatic rings. The number of urea groups is 1. The number of nitrogens with zero attached hydrogens (tertiary/aromatic N) is 5. The maximum atomic E-state index is 12.5. The molecule has 24 heavy (non-hydrogen) atoms. The van der Waals surface area contributed by atoms with Crippen molar-refractivity contribution >= 4 is 11.7 Å². The minimum Gasteiger partial charge on any atom is -0.321 e. The van der Waals surface area contributed by atoms with Crippen LogP contribution in [-0.4, -0.2) is 43.7 Å². The van der Waals surface area contributed by atoms with Gasteiger partial charge in [0.1, 0.15) is 0 Å². The summed E-state index contributed by atoms with van der Waals surface area (Å²) in [5.41, 5.74) is 1.73. The van der Waals surface area contributed by atoms with Crippen LogP contribution in [0.1, 0.15) is 32.1 Å². The van der Waals surface area contributed by atoms with E-state index in [9.17, 15) is 4.79 Å². The molecule has 0 radical (unpaired) electrons. The van der Waals surface area contributed by atoms with Gasteiger partial charge in [0.25, 0.3) is 0 Å². The standard InChI is InChI=1S/C17H22N6O/c1-22-16(19-20-21-22)13-6-8-14(9-7-13)18-17(24)23-11-10-15(23)12-4-2-3-5-12/h6-9,12,15H,2-5,10-11H2,1H3,(H,18,24). The van der Waals surface area contributed by atoms with Gasteiger partial charge < -0.3 is 10.2 Å². The minimum absolute atomic E-state index is 0.0197. The molecule has 1 saturated carbocycles. The zero-order valence-electron chi connectivity index (χ0n) is 13.9. The van der Waals surface area contributed by atoms with Gasteiger partial charge in [0.2, 0.25) is 0 Å². The van der Waals surface area contributed by atoms with Gasteiger partial charge in [0, 0.05) is 30.9 Å². The Morgan fingerprint density at radius 1 is 1.17 bits per heavy atom. The van der Waals surface area contributed by atoms with E-state index >= 15 is 0 Å². The molecule has 1 aliphatic carbocycles. The molecule has 2 amide bonds. The van der Waals surface area contributed by atoms with Gasteiger partial charge in [-0.25, -0.2) is 9.48 Å². The minimum atomic E-state index is 0.0197. The van der Waals surface area contributed by atoms with Crippen molar-refractivity contribution in [3.8, 4) is 11.4 Å². The zero-order chi connectivity index (χ0) is 16.5. The van der Waals surface area contributed by atoms with E-state index in [1.165, 1.54) is 25.7 Å². The Balaban J connectivity index is 1.40. The number of tetrazole rings is 1. The van der Waals surface area contributed by atoms with E-state index in [0.29, 0.717) is 17.8 Å². The van der Waals surface area contributed by atoms with E-state index in [0.717, 1.165) is 24.2 Å². The molecule has 1 aromatic carbocycles. The largest absolute Gasteiger partial charge is 0.322 e. The van der Waals surface area contributed by atoms with E-state index < -0.39 is 0 Å². The van der Waals surface area contributed by atoms with Gasteiger partial charge in [0.05, 0.1) is 0 Å². The fraction of sp³-hybridized carbons (Fsp3) is 0.529. The third-order valence-electron chi connectivity index (χ3n) is 5.29. The van der Waals surface area contributed by atoms with Crippen molar-refractivity contribution < 1.29 is 4.79 Å². The summed E-state index contributed by atoms with van der Waals surface area (Å²) in [6, 6.07) is 8.10. The number of amides is 2. The Bertz CT molecular complexity index is 719. The summed E-state index contributed by atoms with van der Waals surface area (Å²) < 4.78 is 1.62. The first kappa shape index (κ1) is 15.1. The molecule has 1 aliphatic heterocycles. The van der Waals surface area contributed by atoms with Crippen molar-refractivity contribution in [2.75, 3.05) is 11.9 Å². The Morgan fingerprint density at radius 2 is 1.92 bits per heavy atom. The van der Waals surface area contributed by atoms with Crippen LogP contribution in [0.25, 0.3) is 11.4 Å². The molecule has 2 aromatic rings. The molecule has 4 rings (SSSR count). The summed E-state index contributed by atoms with van der Waals surface area (Å²) in [6.45, 7) is 0.871. The fourth-order valence-corrected chi connectivity index (χ4v) is 3.86. The molecule has 126 valence electrons. The lowest BCUT2D eigenvalue weighted by atomic mass is 9.88. The summed E-state index contributed by atoms with van der Waals surface area (Å²) in [6.07, 6.45) is 6.32. The third-order valence-corrected chi connectivity index (χ3v) is 5.29. The number of carbonyl (C=O) groups is 1. The van der Waals surface area contributed by atoms with E-state index in [4.69, 9.17) is 0 Å². The molecule has 7 nitrogen and oxygen atoms in total. The number of aryl methyl sites for hydroxylation is 1. The highest BCUT2D eigenvalue weighted by atomic mass is 16.2. The van der Waals surface area contributed by atoms with Crippen molar-refractivity contribution in [1.82, 2.24) is 25.1 Å². The Labute approximate surface area is 141 Å². The second-order valence-electron chi connectivity index (χ2n) is 6.73. The molecule has 0 spiro atoms. The van der Waals surface area contributed by atoms with E-state index in [-0.39, 0.29) is 6.03 Å². The Morgan fingerprint density at radius 3 is 2.50 bits per heavy atom. The highest BCUT2D eigenvalue weighted by Crippen LogP contribution is 2.36. The van der Waals surface area contributed by atoms with Crippen molar-refractivity contribution in [1.29, 1.82) is 0 Å². The molecule has 1 aromatic heterocycles. The maximum absolute atomic E-state index is 12.5. The lowest BCUT2D eigenvalue weighted by molar-refractivity contribution is 0.0854. The average molecular weight is 326 g/mol. The zero-order valence-corrected chi connectivity index (χ0v) is 13.9. The van der Waals surface area contributed by atoms with Gasteiger partial charge in [-0.2, -0.15) is 0 Å². The smallest absolute Gasteiger partial charge is 0.321 e. The molecule has 2 fully saturated rings. The summed E-state index contributed by atoms with van der Waals surface area (Å²) in [7, 11) is 1.80. The Kier molecular flexibility index (Phi) is 3.92. The van der Waals surface area contributed by atoms with Gasteiger partial charge in [-0.15, -0.1) is 5.10 Å². The molecule has 1 N–H and O–H groups in total. The highest BCUT2D eigenvalue weighted by Gasteiger charge is 2.38. The first-order chi connectivity index (χ1) is 11.7. The first-order valence-corrected chi connectivity index (χ1v) is 8.63. The SMILES string of the molecule is Cn1nnnc1-c1ccc(NC(=O)N2CCC2C2CCCC2)cc1. The summed E-state index contributed by atoms with van der Waals surface area (Å²) in [4.78, 5) is 14.5. The van der Waals surface area contributed by atoms with Gasteiger partial charge in [0.15, 0.2) is 5.82 Å². The van der Waals surface area contributed by atoms with Crippen LogP contribution in [-0.2, 0) is 7.05 Å². The molecule has 1 atom stereocenters. The van der Waals surface area contributed by atoms with Crippen LogP contribution >= 0.6 is 0 Å². The van der Waals surface area contributed by atoms with Crippen LogP contribution in [0.5, 0.6) is 0 Å². The topological polar surface area (TPSA) is 75.9 Å². The first-order valence-electron chi connectivity index (χ1n) is 8.63. The van der Waals surface area contributed by atoms with Crippen molar-refractivity contribution in [3.63, 3.8) is 0 Å². The van der Waals surface area contributed by atoms with Crippen LogP contribution < -0.4 is 5.32 Å². The van der Waals surface area contributed by atoms with Gasteiger partial charge >= 0.3 is 6.03 Å².